The molecule has 1 heteroatoms. The lowest BCUT2D eigenvalue weighted by Gasteiger charge is -2.06. The van der Waals surface area contributed by atoms with Gasteiger partial charge in [-0.1, -0.05) is 38.5 Å². The van der Waals surface area contributed by atoms with Gasteiger partial charge in [0.15, 0.2) is 0 Å². The van der Waals surface area contributed by atoms with Crippen LogP contribution in [0, 0.1) is 0 Å². The molecule has 0 aromatic heterocycles. The molecule has 0 saturated heterocycles. The Kier molecular flexibility index (Phi) is 4.27. The summed E-state index contributed by atoms with van der Waals surface area (Å²) in [6.07, 6.45) is 11.3. The predicted octanol–water partition coefficient (Wildman–Crippen LogP) is 3.42. The average molecular weight is 158 g/mol. The van der Waals surface area contributed by atoms with Crippen molar-refractivity contribution in [1.29, 1.82) is 0 Å². The summed E-state index contributed by atoms with van der Waals surface area (Å²) < 4.78 is 0. The summed E-state index contributed by atoms with van der Waals surface area (Å²) in [5, 5.41) is 0.707. The first-order valence-corrected chi connectivity index (χ1v) is 5.09. The third-order valence-corrected chi connectivity index (χ3v) is 2.84. The van der Waals surface area contributed by atoms with Crippen LogP contribution in [0.4, 0.5) is 0 Å². The van der Waals surface area contributed by atoms with Crippen LogP contribution in [0.15, 0.2) is 0 Å². The van der Waals surface area contributed by atoms with E-state index in [1.54, 1.807) is 0 Å². The van der Waals surface area contributed by atoms with E-state index in [0.29, 0.717) is 5.25 Å². The van der Waals surface area contributed by atoms with E-state index >= 15 is 0 Å². The van der Waals surface area contributed by atoms with Gasteiger partial charge in [-0.25, -0.2) is 0 Å². The van der Waals surface area contributed by atoms with Crippen LogP contribution in [0.25, 0.3) is 0 Å². The van der Waals surface area contributed by atoms with Crippen LogP contribution in [0.3, 0.4) is 0 Å². The molecule has 0 nitrogen and oxygen atoms in total. The Bertz CT molecular complexity index is 70.8. The van der Waals surface area contributed by atoms with Gasteiger partial charge in [0.2, 0.25) is 0 Å². The fraction of sp³-hybridized carbons (Fsp3) is 1.00. The molecule has 0 radical (unpaired) electrons. The van der Waals surface area contributed by atoms with Gasteiger partial charge in [-0.15, -0.1) is 0 Å². The second-order valence-corrected chi connectivity index (χ2v) is 4.08. The molecule has 10 heavy (non-hydrogen) atoms. The predicted molar refractivity (Wildman–Crippen MR) is 49.7 cm³/mol. The lowest BCUT2D eigenvalue weighted by atomic mass is 10.1. The number of rotatable bonds is 0. The van der Waals surface area contributed by atoms with Gasteiger partial charge in [0.05, 0.1) is 0 Å². The quantitative estimate of drug-likeness (QED) is 0.513. The lowest BCUT2D eigenvalue weighted by Crippen LogP contribution is -1.96. The molecule has 0 spiro atoms. The zero-order valence-electron chi connectivity index (χ0n) is 6.68. The Morgan fingerprint density at radius 1 is 0.700 bits per heavy atom. The molecule has 1 aliphatic rings. The molecule has 0 amide bonds. The summed E-state index contributed by atoms with van der Waals surface area (Å²) in [4.78, 5) is 0. The fourth-order valence-corrected chi connectivity index (χ4v) is 1.98. The van der Waals surface area contributed by atoms with Gasteiger partial charge in [-0.3, -0.25) is 0 Å². The van der Waals surface area contributed by atoms with Gasteiger partial charge in [0, 0.05) is 5.25 Å². The summed E-state index contributed by atoms with van der Waals surface area (Å²) in [5.74, 6) is 0. The Hall–Kier alpha value is 0.350. The topological polar surface area (TPSA) is 0 Å². The Morgan fingerprint density at radius 3 is 1.60 bits per heavy atom. The molecular formula is C9H18S. The van der Waals surface area contributed by atoms with Crippen molar-refractivity contribution in [3.05, 3.63) is 0 Å². The van der Waals surface area contributed by atoms with Crippen molar-refractivity contribution in [1.82, 2.24) is 0 Å². The van der Waals surface area contributed by atoms with Crippen molar-refractivity contribution in [3.8, 4) is 0 Å². The highest BCUT2D eigenvalue weighted by molar-refractivity contribution is 7.80. The van der Waals surface area contributed by atoms with Crippen molar-refractivity contribution in [3.63, 3.8) is 0 Å². The molecule has 0 heterocycles. The van der Waals surface area contributed by atoms with Crippen LogP contribution < -0.4 is 0 Å². The van der Waals surface area contributed by atoms with Gasteiger partial charge >= 0.3 is 0 Å². The van der Waals surface area contributed by atoms with E-state index in [0.717, 1.165) is 0 Å². The maximum absolute atomic E-state index is 4.53. The molecular weight excluding hydrogens is 140 g/mol. The highest BCUT2D eigenvalue weighted by Crippen LogP contribution is 2.19. The van der Waals surface area contributed by atoms with Crippen molar-refractivity contribution in [2.45, 2.75) is 56.6 Å². The van der Waals surface area contributed by atoms with Gasteiger partial charge in [-0.05, 0) is 12.8 Å². The van der Waals surface area contributed by atoms with Crippen LogP contribution in [0.1, 0.15) is 51.4 Å². The third-order valence-electron chi connectivity index (χ3n) is 2.32. The SMILES string of the molecule is SC1CCCCCCCC1. The highest BCUT2D eigenvalue weighted by atomic mass is 32.1. The van der Waals surface area contributed by atoms with Crippen LogP contribution in [-0.4, -0.2) is 5.25 Å². The van der Waals surface area contributed by atoms with Gasteiger partial charge in [0.1, 0.15) is 0 Å². The van der Waals surface area contributed by atoms with E-state index in [-0.39, 0.29) is 0 Å². The van der Waals surface area contributed by atoms with E-state index in [2.05, 4.69) is 12.6 Å². The Morgan fingerprint density at radius 2 is 1.10 bits per heavy atom. The molecule has 1 saturated carbocycles. The first kappa shape index (κ1) is 8.45. The summed E-state index contributed by atoms with van der Waals surface area (Å²) in [7, 11) is 0. The molecule has 0 aromatic carbocycles. The monoisotopic (exact) mass is 158 g/mol. The molecule has 0 aliphatic heterocycles. The molecule has 0 aromatic rings. The number of hydrogen-bond donors (Lipinski definition) is 1. The second-order valence-electron chi connectivity index (χ2n) is 3.35. The van der Waals surface area contributed by atoms with E-state index < -0.39 is 0 Å². The summed E-state index contributed by atoms with van der Waals surface area (Å²) in [6, 6.07) is 0. The van der Waals surface area contributed by atoms with E-state index in [4.69, 9.17) is 0 Å². The third kappa shape index (κ3) is 3.50. The first-order valence-electron chi connectivity index (χ1n) is 4.57. The standard InChI is InChI=1S/C9H18S/c10-9-7-5-3-1-2-4-6-8-9/h9-10H,1-8H2. The van der Waals surface area contributed by atoms with Crippen molar-refractivity contribution < 1.29 is 0 Å². The van der Waals surface area contributed by atoms with E-state index in [9.17, 15) is 0 Å². The van der Waals surface area contributed by atoms with Crippen molar-refractivity contribution in [2.75, 3.05) is 0 Å². The first-order chi connectivity index (χ1) is 4.89. The number of hydrogen-bond acceptors (Lipinski definition) is 1. The minimum absolute atomic E-state index is 0.707. The molecule has 1 rings (SSSR count). The average Bonchev–Trinajstić information content (AvgIpc) is 2.02. The summed E-state index contributed by atoms with van der Waals surface area (Å²) in [5.41, 5.74) is 0. The largest absolute Gasteiger partial charge is 0.176 e. The zero-order valence-corrected chi connectivity index (χ0v) is 7.58. The molecule has 1 aliphatic carbocycles. The smallest absolute Gasteiger partial charge is 0.00168 e. The zero-order chi connectivity index (χ0) is 7.23. The van der Waals surface area contributed by atoms with Crippen LogP contribution in [-0.2, 0) is 0 Å². The van der Waals surface area contributed by atoms with E-state index in [1.165, 1.54) is 51.4 Å². The van der Waals surface area contributed by atoms with Crippen molar-refractivity contribution in [2.24, 2.45) is 0 Å². The lowest BCUT2D eigenvalue weighted by molar-refractivity contribution is 0.624. The minimum atomic E-state index is 0.707. The maximum atomic E-state index is 4.53. The van der Waals surface area contributed by atoms with Gasteiger partial charge in [-0.2, -0.15) is 12.6 Å². The molecule has 0 atom stereocenters. The highest BCUT2D eigenvalue weighted by Gasteiger charge is 2.04. The van der Waals surface area contributed by atoms with Gasteiger partial charge in [0.25, 0.3) is 0 Å². The normalized spacial score (nSPS) is 24.9. The maximum Gasteiger partial charge on any atom is 0.00168 e. The Balaban J connectivity index is 2.15. The molecule has 0 N–H and O–H groups in total. The van der Waals surface area contributed by atoms with Crippen molar-refractivity contribution >= 4 is 12.6 Å². The second kappa shape index (κ2) is 5.06. The molecule has 0 unspecified atom stereocenters. The van der Waals surface area contributed by atoms with Crippen LogP contribution in [0.5, 0.6) is 0 Å². The summed E-state index contributed by atoms with van der Waals surface area (Å²) in [6.45, 7) is 0. The summed E-state index contributed by atoms with van der Waals surface area (Å²) >= 11 is 4.53. The van der Waals surface area contributed by atoms with Crippen LogP contribution in [0.2, 0.25) is 0 Å². The fourth-order valence-electron chi connectivity index (χ4n) is 1.61. The molecule has 0 bridgehead atoms. The van der Waals surface area contributed by atoms with Crippen LogP contribution >= 0.6 is 12.6 Å². The molecule has 60 valence electrons. The van der Waals surface area contributed by atoms with E-state index in [1.807, 2.05) is 0 Å². The van der Waals surface area contributed by atoms with Gasteiger partial charge < -0.3 is 0 Å². The Labute approximate surface area is 69.8 Å². The minimum Gasteiger partial charge on any atom is -0.176 e. The molecule has 1 fully saturated rings. The number of thiol groups is 1.